The Bertz CT molecular complexity index is 429. The minimum absolute atomic E-state index is 0.262. The van der Waals surface area contributed by atoms with Crippen molar-refractivity contribution in [3.8, 4) is 0 Å². The first-order valence-corrected chi connectivity index (χ1v) is 6.61. The monoisotopic (exact) mass is 268 g/mol. The Balaban J connectivity index is 2.22. The van der Waals surface area contributed by atoms with E-state index in [0.717, 1.165) is 5.69 Å². The average molecular weight is 268 g/mol. The van der Waals surface area contributed by atoms with E-state index in [-0.39, 0.29) is 11.9 Å². The van der Waals surface area contributed by atoms with Gasteiger partial charge < -0.3 is 20.4 Å². The van der Waals surface area contributed by atoms with Crippen molar-refractivity contribution in [1.29, 1.82) is 0 Å². The van der Waals surface area contributed by atoms with Crippen molar-refractivity contribution in [2.75, 3.05) is 18.0 Å². The fourth-order valence-corrected chi connectivity index (χ4v) is 2.29. The van der Waals surface area contributed by atoms with Gasteiger partial charge in [-0.1, -0.05) is 19.9 Å². The number of hydrogen-bond acceptors (Lipinski definition) is 4. The van der Waals surface area contributed by atoms with Crippen LogP contribution in [0.25, 0.3) is 0 Å². The van der Waals surface area contributed by atoms with Crippen LogP contribution in [0.4, 0.5) is 10.1 Å². The molecule has 0 amide bonds. The van der Waals surface area contributed by atoms with Crippen molar-refractivity contribution in [3.05, 3.63) is 29.6 Å². The molecule has 2 atom stereocenters. The van der Waals surface area contributed by atoms with Crippen LogP contribution in [0.15, 0.2) is 18.2 Å². The third-order valence-electron chi connectivity index (χ3n) is 3.38. The van der Waals surface area contributed by atoms with Gasteiger partial charge >= 0.3 is 0 Å². The molecule has 4 nitrogen and oxygen atoms in total. The van der Waals surface area contributed by atoms with Gasteiger partial charge in [-0.05, 0) is 12.1 Å². The van der Waals surface area contributed by atoms with Gasteiger partial charge in [0.15, 0.2) is 0 Å². The highest BCUT2D eigenvalue weighted by Gasteiger charge is 2.31. The number of anilines is 1. The second-order valence-electron chi connectivity index (χ2n) is 5.31. The number of benzene rings is 1. The van der Waals surface area contributed by atoms with Crippen molar-refractivity contribution in [2.24, 2.45) is 0 Å². The van der Waals surface area contributed by atoms with Crippen LogP contribution in [-0.2, 0) is 6.54 Å². The predicted octanol–water partition coefficient (Wildman–Crippen LogP) is 0.865. The van der Waals surface area contributed by atoms with E-state index < -0.39 is 12.2 Å². The van der Waals surface area contributed by atoms with Gasteiger partial charge in [0.2, 0.25) is 0 Å². The standard InChI is InChI=1S/C14H21FN2O2/c1-9(2)16-6-10-11(15)4-3-5-12(10)17-7-13(18)14(19)8-17/h3-5,9,13-14,16,18-19H,6-8H2,1-2H3. The number of β-amino-alcohol motifs (C(OH)–C–C–N with tert-alkyl or cyclic N) is 2. The van der Waals surface area contributed by atoms with Crippen molar-refractivity contribution in [1.82, 2.24) is 5.32 Å². The largest absolute Gasteiger partial charge is 0.389 e. The zero-order chi connectivity index (χ0) is 14.0. The molecule has 2 unspecified atom stereocenters. The summed E-state index contributed by atoms with van der Waals surface area (Å²) < 4.78 is 14.0. The predicted molar refractivity (Wildman–Crippen MR) is 72.6 cm³/mol. The summed E-state index contributed by atoms with van der Waals surface area (Å²) in [4.78, 5) is 1.83. The Labute approximate surface area is 112 Å². The van der Waals surface area contributed by atoms with E-state index in [1.54, 1.807) is 6.07 Å². The van der Waals surface area contributed by atoms with Crippen molar-refractivity contribution in [3.63, 3.8) is 0 Å². The third-order valence-corrected chi connectivity index (χ3v) is 3.38. The van der Waals surface area contributed by atoms with Crippen LogP contribution in [0.2, 0.25) is 0 Å². The molecule has 19 heavy (non-hydrogen) atoms. The quantitative estimate of drug-likeness (QED) is 0.758. The molecule has 5 heteroatoms. The number of nitrogens with one attached hydrogen (secondary N) is 1. The number of halogens is 1. The topological polar surface area (TPSA) is 55.7 Å². The number of aliphatic hydroxyl groups excluding tert-OH is 2. The summed E-state index contributed by atoms with van der Waals surface area (Å²) in [7, 11) is 0. The minimum atomic E-state index is -0.769. The molecule has 1 fully saturated rings. The lowest BCUT2D eigenvalue weighted by Crippen LogP contribution is -2.27. The molecular weight excluding hydrogens is 247 g/mol. The molecular formula is C14H21FN2O2. The second-order valence-corrected chi connectivity index (χ2v) is 5.31. The molecule has 1 aromatic carbocycles. The van der Waals surface area contributed by atoms with Crippen LogP contribution in [0, 0.1) is 5.82 Å². The van der Waals surface area contributed by atoms with Crippen LogP contribution in [0.1, 0.15) is 19.4 Å². The first-order chi connectivity index (χ1) is 8.99. The summed E-state index contributed by atoms with van der Waals surface area (Å²) in [6, 6.07) is 5.18. The first kappa shape index (κ1) is 14.2. The maximum atomic E-state index is 14.0. The molecule has 0 radical (unpaired) electrons. The lowest BCUT2D eigenvalue weighted by atomic mass is 10.1. The zero-order valence-electron chi connectivity index (χ0n) is 11.3. The van der Waals surface area contributed by atoms with Crippen molar-refractivity contribution < 1.29 is 14.6 Å². The number of aliphatic hydroxyl groups is 2. The van der Waals surface area contributed by atoms with E-state index in [1.807, 2.05) is 24.8 Å². The fraction of sp³-hybridized carbons (Fsp3) is 0.571. The lowest BCUT2D eigenvalue weighted by Gasteiger charge is -2.22. The summed E-state index contributed by atoms with van der Waals surface area (Å²) in [5.74, 6) is -0.262. The summed E-state index contributed by atoms with van der Waals surface area (Å²) in [6.45, 7) is 5.11. The van der Waals surface area contributed by atoms with Crippen LogP contribution in [0.5, 0.6) is 0 Å². The van der Waals surface area contributed by atoms with Crippen LogP contribution >= 0.6 is 0 Å². The Morgan fingerprint density at radius 3 is 2.53 bits per heavy atom. The molecule has 1 aliphatic rings. The number of nitrogens with zero attached hydrogens (tertiary/aromatic N) is 1. The Morgan fingerprint density at radius 2 is 1.95 bits per heavy atom. The molecule has 106 valence electrons. The Hall–Kier alpha value is -1.17. The molecule has 3 N–H and O–H groups in total. The van der Waals surface area contributed by atoms with Gasteiger partial charge in [-0.25, -0.2) is 4.39 Å². The molecule has 2 rings (SSSR count). The summed E-state index contributed by atoms with van der Waals surface area (Å²) in [5, 5.41) is 22.4. The molecule has 1 aromatic rings. The highest BCUT2D eigenvalue weighted by atomic mass is 19.1. The molecule has 0 aromatic heterocycles. The number of rotatable bonds is 4. The average Bonchev–Trinajstić information content (AvgIpc) is 2.67. The Morgan fingerprint density at radius 1 is 1.32 bits per heavy atom. The van der Waals surface area contributed by atoms with Crippen molar-refractivity contribution >= 4 is 5.69 Å². The van der Waals surface area contributed by atoms with Crippen LogP contribution < -0.4 is 10.2 Å². The van der Waals surface area contributed by atoms with E-state index in [9.17, 15) is 14.6 Å². The molecule has 0 spiro atoms. The van der Waals surface area contributed by atoms with Gasteiger partial charge in [-0.3, -0.25) is 0 Å². The smallest absolute Gasteiger partial charge is 0.129 e. The fourth-order valence-electron chi connectivity index (χ4n) is 2.29. The van der Waals surface area contributed by atoms with Crippen molar-refractivity contribution in [2.45, 2.75) is 38.6 Å². The Kier molecular flexibility index (Phi) is 4.39. The third kappa shape index (κ3) is 3.23. The lowest BCUT2D eigenvalue weighted by molar-refractivity contribution is 0.0572. The molecule has 1 aliphatic heterocycles. The van der Waals surface area contributed by atoms with Gasteiger partial charge in [0, 0.05) is 36.9 Å². The summed E-state index contributed by atoms with van der Waals surface area (Å²) >= 11 is 0. The number of hydrogen-bond donors (Lipinski definition) is 3. The van der Waals surface area contributed by atoms with E-state index in [4.69, 9.17) is 0 Å². The minimum Gasteiger partial charge on any atom is -0.389 e. The summed E-state index contributed by atoms with van der Waals surface area (Å²) in [5.41, 5.74) is 1.32. The zero-order valence-corrected chi connectivity index (χ0v) is 11.3. The van der Waals surface area contributed by atoms with Gasteiger partial charge in [0.1, 0.15) is 5.82 Å². The molecule has 0 bridgehead atoms. The molecule has 1 heterocycles. The SMILES string of the molecule is CC(C)NCc1c(F)cccc1N1CC(O)C(O)C1. The summed E-state index contributed by atoms with van der Waals surface area (Å²) in [6.07, 6.45) is -1.54. The second kappa shape index (κ2) is 5.86. The maximum absolute atomic E-state index is 14.0. The van der Waals surface area contributed by atoms with Gasteiger partial charge in [0.25, 0.3) is 0 Å². The molecule has 1 saturated heterocycles. The van der Waals surface area contributed by atoms with Crippen LogP contribution in [-0.4, -0.2) is 41.6 Å². The van der Waals surface area contributed by atoms with Gasteiger partial charge in [-0.15, -0.1) is 0 Å². The highest BCUT2D eigenvalue weighted by molar-refractivity contribution is 5.55. The molecule has 0 saturated carbocycles. The van der Waals surface area contributed by atoms with E-state index >= 15 is 0 Å². The normalized spacial score (nSPS) is 23.4. The first-order valence-electron chi connectivity index (χ1n) is 6.61. The van der Waals surface area contributed by atoms with E-state index in [2.05, 4.69) is 5.32 Å². The van der Waals surface area contributed by atoms with Crippen LogP contribution in [0.3, 0.4) is 0 Å². The molecule has 0 aliphatic carbocycles. The van der Waals surface area contributed by atoms with E-state index in [0.29, 0.717) is 25.2 Å². The van der Waals surface area contributed by atoms with Gasteiger partial charge in [0.05, 0.1) is 12.2 Å². The van der Waals surface area contributed by atoms with E-state index in [1.165, 1.54) is 6.07 Å². The van der Waals surface area contributed by atoms with Gasteiger partial charge in [-0.2, -0.15) is 0 Å². The highest BCUT2D eigenvalue weighted by Crippen LogP contribution is 2.27. The maximum Gasteiger partial charge on any atom is 0.129 e.